The van der Waals surface area contributed by atoms with Crippen molar-refractivity contribution < 1.29 is 9.59 Å². The summed E-state index contributed by atoms with van der Waals surface area (Å²) in [5, 5.41) is 3.82. The number of benzene rings is 2. The number of carbonyl (C=O) groups is 2. The van der Waals surface area contributed by atoms with Crippen molar-refractivity contribution in [1.29, 1.82) is 0 Å². The van der Waals surface area contributed by atoms with Crippen LogP contribution in [0.3, 0.4) is 0 Å². The Morgan fingerprint density at radius 3 is 2.07 bits per heavy atom. The monoisotopic (exact) mass is 434 g/mol. The van der Waals surface area contributed by atoms with Gasteiger partial charge in [0.05, 0.1) is 6.42 Å². The van der Waals surface area contributed by atoms with E-state index in [9.17, 15) is 9.59 Å². The molecule has 1 atom stereocenters. The molecule has 2 rings (SSSR count). The molecule has 0 radical (unpaired) electrons. The first kappa shape index (κ1) is 23.2. The maximum Gasteiger partial charge on any atom is 0.242 e. The van der Waals surface area contributed by atoms with Crippen LogP contribution in [0.4, 0.5) is 0 Å². The average Bonchev–Trinajstić information content (AvgIpc) is 2.59. The quantitative estimate of drug-likeness (QED) is 0.658. The van der Waals surface area contributed by atoms with Crippen LogP contribution in [-0.4, -0.2) is 28.8 Å². The summed E-state index contributed by atoms with van der Waals surface area (Å²) in [6.07, 6.45) is 0.198. The number of nitrogens with one attached hydrogen (secondary N) is 1. The Labute approximate surface area is 183 Å². The van der Waals surface area contributed by atoms with Crippen LogP contribution in [0.1, 0.15) is 43.0 Å². The maximum absolute atomic E-state index is 13.3. The number of hydrogen-bond acceptors (Lipinski definition) is 2. The Kier molecular flexibility index (Phi) is 8.12. The van der Waals surface area contributed by atoms with Crippen molar-refractivity contribution in [2.45, 2.75) is 59.7 Å². The lowest BCUT2D eigenvalue weighted by molar-refractivity contribution is -0.140. The van der Waals surface area contributed by atoms with Gasteiger partial charge in [-0.15, -0.1) is 0 Å². The summed E-state index contributed by atoms with van der Waals surface area (Å²) < 4.78 is 0. The van der Waals surface area contributed by atoms with E-state index in [0.29, 0.717) is 15.6 Å². The molecule has 29 heavy (non-hydrogen) atoms. The van der Waals surface area contributed by atoms with Crippen molar-refractivity contribution in [3.63, 3.8) is 0 Å². The van der Waals surface area contributed by atoms with E-state index in [1.807, 2.05) is 39.8 Å². The highest BCUT2D eigenvalue weighted by Gasteiger charge is 2.27. The third-order valence-corrected chi connectivity index (χ3v) is 5.33. The largest absolute Gasteiger partial charge is 0.352 e. The van der Waals surface area contributed by atoms with Crippen LogP contribution >= 0.6 is 23.2 Å². The van der Waals surface area contributed by atoms with Gasteiger partial charge in [0.1, 0.15) is 6.04 Å². The molecule has 1 unspecified atom stereocenters. The minimum absolute atomic E-state index is 0.0229. The first-order valence-corrected chi connectivity index (χ1v) is 10.4. The second-order valence-corrected chi connectivity index (χ2v) is 8.55. The second-order valence-electron chi connectivity index (χ2n) is 7.73. The van der Waals surface area contributed by atoms with Gasteiger partial charge in [-0.3, -0.25) is 9.59 Å². The van der Waals surface area contributed by atoms with Gasteiger partial charge in [-0.25, -0.2) is 0 Å². The summed E-state index contributed by atoms with van der Waals surface area (Å²) in [7, 11) is 0. The number of aryl methyl sites for hydroxylation is 2. The molecule has 2 aromatic rings. The van der Waals surface area contributed by atoms with E-state index in [2.05, 4.69) is 11.4 Å². The number of nitrogens with zero attached hydrogens (tertiary/aromatic N) is 1. The van der Waals surface area contributed by atoms with Gasteiger partial charge in [0.2, 0.25) is 11.8 Å². The molecule has 0 aliphatic rings. The van der Waals surface area contributed by atoms with Gasteiger partial charge >= 0.3 is 0 Å². The number of halogens is 2. The van der Waals surface area contributed by atoms with Gasteiger partial charge in [-0.05, 0) is 52.3 Å². The lowest BCUT2D eigenvalue weighted by Gasteiger charge is -2.30. The van der Waals surface area contributed by atoms with Crippen LogP contribution in [-0.2, 0) is 22.6 Å². The van der Waals surface area contributed by atoms with Gasteiger partial charge in [0, 0.05) is 28.2 Å². The molecule has 0 saturated carbocycles. The molecule has 0 saturated heterocycles. The van der Waals surface area contributed by atoms with E-state index in [4.69, 9.17) is 23.2 Å². The molecule has 0 bridgehead atoms. The predicted octanol–water partition coefficient (Wildman–Crippen LogP) is 5.09. The molecule has 0 aliphatic carbocycles. The van der Waals surface area contributed by atoms with Gasteiger partial charge in [0.15, 0.2) is 0 Å². The molecule has 6 heteroatoms. The number of carbonyl (C=O) groups excluding carboxylic acids is 2. The standard InChI is InChI=1S/C23H28Cl2N2O2/c1-14(2)26-23(29)17(5)27(13-19-20(24)7-6-8-21(19)25)22(28)12-18-10-15(3)9-16(4)11-18/h6-11,14,17H,12-13H2,1-5H3,(H,26,29). The molecule has 0 aromatic heterocycles. The topological polar surface area (TPSA) is 49.4 Å². The van der Waals surface area contributed by atoms with Crippen LogP contribution in [0.15, 0.2) is 36.4 Å². The summed E-state index contributed by atoms with van der Waals surface area (Å²) in [4.78, 5) is 27.4. The molecule has 0 heterocycles. The molecule has 2 amide bonds. The van der Waals surface area contributed by atoms with Crippen molar-refractivity contribution in [3.05, 3.63) is 68.7 Å². The van der Waals surface area contributed by atoms with Crippen LogP contribution in [0, 0.1) is 13.8 Å². The molecule has 0 fully saturated rings. The third-order valence-electron chi connectivity index (χ3n) is 4.63. The molecule has 2 aromatic carbocycles. The fourth-order valence-corrected chi connectivity index (χ4v) is 3.81. The van der Waals surface area contributed by atoms with Gasteiger partial charge in [-0.2, -0.15) is 0 Å². The zero-order valence-corrected chi connectivity index (χ0v) is 19.1. The third kappa shape index (κ3) is 6.48. The summed E-state index contributed by atoms with van der Waals surface area (Å²) in [5.74, 6) is -0.366. The Balaban J connectivity index is 2.34. The van der Waals surface area contributed by atoms with Crippen molar-refractivity contribution in [3.8, 4) is 0 Å². The van der Waals surface area contributed by atoms with Crippen molar-refractivity contribution >= 4 is 35.0 Å². The zero-order chi connectivity index (χ0) is 21.7. The first-order valence-electron chi connectivity index (χ1n) is 9.68. The van der Waals surface area contributed by atoms with Crippen molar-refractivity contribution in [2.24, 2.45) is 0 Å². The molecular weight excluding hydrogens is 407 g/mol. The molecular formula is C23H28Cl2N2O2. The molecule has 0 aliphatic heterocycles. The van der Waals surface area contributed by atoms with Gasteiger partial charge < -0.3 is 10.2 Å². The van der Waals surface area contributed by atoms with E-state index in [-0.39, 0.29) is 30.8 Å². The predicted molar refractivity (Wildman–Crippen MR) is 119 cm³/mol. The highest BCUT2D eigenvalue weighted by atomic mass is 35.5. The second kappa shape index (κ2) is 10.1. The van der Waals surface area contributed by atoms with E-state index >= 15 is 0 Å². The zero-order valence-electron chi connectivity index (χ0n) is 17.6. The number of rotatable bonds is 7. The summed E-state index contributed by atoms with van der Waals surface area (Å²) >= 11 is 12.7. The minimum atomic E-state index is -0.664. The Hall–Kier alpha value is -2.04. The Morgan fingerprint density at radius 2 is 1.55 bits per heavy atom. The molecule has 156 valence electrons. The maximum atomic E-state index is 13.3. The fraction of sp³-hybridized carbons (Fsp3) is 0.391. The SMILES string of the molecule is Cc1cc(C)cc(CC(=O)N(Cc2c(Cl)cccc2Cl)C(C)C(=O)NC(C)C)c1. The highest BCUT2D eigenvalue weighted by molar-refractivity contribution is 6.36. The van der Waals surface area contributed by atoms with Crippen molar-refractivity contribution in [2.75, 3.05) is 0 Å². The normalized spacial score (nSPS) is 12.0. The minimum Gasteiger partial charge on any atom is -0.352 e. The smallest absolute Gasteiger partial charge is 0.242 e. The van der Waals surface area contributed by atoms with Crippen LogP contribution in [0.25, 0.3) is 0 Å². The summed E-state index contributed by atoms with van der Waals surface area (Å²) in [5.41, 5.74) is 3.74. The van der Waals surface area contributed by atoms with E-state index in [1.165, 1.54) is 0 Å². The van der Waals surface area contributed by atoms with Crippen LogP contribution in [0.5, 0.6) is 0 Å². The average molecular weight is 435 g/mol. The molecule has 0 spiro atoms. The lowest BCUT2D eigenvalue weighted by atomic mass is 10.0. The highest BCUT2D eigenvalue weighted by Crippen LogP contribution is 2.27. The molecule has 1 N–H and O–H groups in total. The first-order chi connectivity index (χ1) is 13.6. The number of hydrogen-bond donors (Lipinski definition) is 1. The fourth-order valence-electron chi connectivity index (χ4n) is 3.29. The lowest BCUT2D eigenvalue weighted by Crippen LogP contribution is -2.49. The van der Waals surface area contributed by atoms with Crippen LogP contribution in [0.2, 0.25) is 10.0 Å². The van der Waals surface area contributed by atoms with E-state index in [1.54, 1.807) is 30.0 Å². The Morgan fingerprint density at radius 1 is 1.00 bits per heavy atom. The molecule has 4 nitrogen and oxygen atoms in total. The number of amides is 2. The summed E-state index contributed by atoms with van der Waals surface area (Å²) in [6, 6.07) is 10.6. The van der Waals surface area contributed by atoms with Gasteiger partial charge in [-0.1, -0.05) is 58.6 Å². The van der Waals surface area contributed by atoms with Crippen LogP contribution < -0.4 is 5.32 Å². The van der Waals surface area contributed by atoms with Gasteiger partial charge in [0.25, 0.3) is 0 Å². The van der Waals surface area contributed by atoms with E-state index in [0.717, 1.165) is 16.7 Å². The van der Waals surface area contributed by atoms with Crippen molar-refractivity contribution in [1.82, 2.24) is 10.2 Å². The van der Waals surface area contributed by atoms with E-state index < -0.39 is 6.04 Å². The Bertz CT molecular complexity index is 856. The summed E-state index contributed by atoms with van der Waals surface area (Å²) in [6.45, 7) is 9.66.